The lowest BCUT2D eigenvalue weighted by molar-refractivity contribution is 0.355. The van der Waals surface area contributed by atoms with Crippen LogP contribution in [0, 0.1) is 0 Å². The van der Waals surface area contributed by atoms with Crippen LogP contribution in [0.5, 0.6) is 11.5 Å². The lowest BCUT2D eigenvalue weighted by Crippen LogP contribution is -1.91. The minimum atomic E-state index is 0.698. The van der Waals surface area contributed by atoms with Crippen LogP contribution in [0.2, 0.25) is 0 Å². The van der Waals surface area contributed by atoms with E-state index in [1.54, 1.807) is 26.6 Å². The molecule has 0 fully saturated rings. The van der Waals surface area contributed by atoms with Crippen LogP contribution in [0.3, 0.4) is 0 Å². The number of aromatic nitrogens is 3. The predicted molar refractivity (Wildman–Crippen MR) is 97.9 cm³/mol. The van der Waals surface area contributed by atoms with Crippen molar-refractivity contribution in [3.8, 4) is 33.8 Å². The number of H-pyrrole nitrogens is 1. The minimum absolute atomic E-state index is 0.698. The summed E-state index contributed by atoms with van der Waals surface area (Å²) in [6, 6.07) is 11.9. The van der Waals surface area contributed by atoms with Crippen molar-refractivity contribution in [2.75, 3.05) is 14.2 Å². The van der Waals surface area contributed by atoms with E-state index in [0.29, 0.717) is 11.5 Å². The molecule has 0 radical (unpaired) electrons. The van der Waals surface area contributed by atoms with Crippen molar-refractivity contribution >= 4 is 11.0 Å². The summed E-state index contributed by atoms with van der Waals surface area (Å²) in [4.78, 5) is 11.9. The number of nitrogens with zero attached hydrogens (tertiary/aromatic N) is 2. The maximum atomic E-state index is 5.45. The van der Waals surface area contributed by atoms with Crippen molar-refractivity contribution in [1.82, 2.24) is 15.0 Å². The summed E-state index contributed by atoms with van der Waals surface area (Å²) in [5, 5.41) is 1.06. The summed E-state index contributed by atoms with van der Waals surface area (Å²) in [5.74, 6) is 1.40. The molecule has 0 unspecified atom stereocenters. The van der Waals surface area contributed by atoms with Gasteiger partial charge in [0, 0.05) is 41.3 Å². The lowest BCUT2D eigenvalue weighted by atomic mass is 9.98. The third-order valence-electron chi connectivity index (χ3n) is 4.24. The molecule has 0 amide bonds. The van der Waals surface area contributed by atoms with Gasteiger partial charge in [0.2, 0.25) is 0 Å². The summed E-state index contributed by atoms with van der Waals surface area (Å²) < 4.78 is 10.8. The van der Waals surface area contributed by atoms with E-state index in [0.717, 1.165) is 33.3 Å². The zero-order chi connectivity index (χ0) is 17.2. The van der Waals surface area contributed by atoms with Crippen molar-refractivity contribution in [1.29, 1.82) is 0 Å². The van der Waals surface area contributed by atoms with E-state index >= 15 is 0 Å². The molecule has 0 aliphatic carbocycles. The Morgan fingerprint density at radius 3 is 2.52 bits per heavy atom. The molecule has 25 heavy (non-hydrogen) atoms. The van der Waals surface area contributed by atoms with E-state index < -0.39 is 0 Å². The Hall–Kier alpha value is -3.34. The number of hydrogen-bond donors (Lipinski definition) is 1. The molecule has 3 aromatic heterocycles. The summed E-state index contributed by atoms with van der Waals surface area (Å²) in [6.45, 7) is 0. The number of benzene rings is 1. The molecule has 3 heterocycles. The lowest BCUT2D eigenvalue weighted by Gasteiger charge is -2.11. The summed E-state index contributed by atoms with van der Waals surface area (Å²) in [6.07, 6.45) is 7.40. The van der Waals surface area contributed by atoms with Crippen LogP contribution in [0.1, 0.15) is 0 Å². The molecule has 1 aromatic carbocycles. The number of nitrogens with one attached hydrogen (secondary N) is 1. The Bertz CT molecular complexity index is 1030. The van der Waals surface area contributed by atoms with Gasteiger partial charge in [-0.1, -0.05) is 12.1 Å². The molecule has 0 saturated heterocycles. The molecule has 0 spiro atoms. The number of pyridine rings is 2. The second-order valence-corrected chi connectivity index (χ2v) is 5.60. The van der Waals surface area contributed by atoms with E-state index in [-0.39, 0.29) is 0 Å². The van der Waals surface area contributed by atoms with Gasteiger partial charge in [0.25, 0.3) is 0 Å². The fraction of sp³-hybridized carbons (Fsp3) is 0.100. The van der Waals surface area contributed by atoms with Crippen LogP contribution in [-0.2, 0) is 0 Å². The van der Waals surface area contributed by atoms with Gasteiger partial charge >= 0.3 is 0 Å². The highest BCUT2D eigenvalue weighted by Gasteiger charge is 2.14. The Kier molecular flexibility index (Phi) is 3.82. The summed E-state index contributed by atoms with van der Waals surface area (Å²) in [7, 11) is 3.27. The fourth-order valence-corrected chi connectivity index (χ4v) is 3.05. The number of aromatic amines is 1. The Morgan fingerprint density at radius 1 is 0.880 bits per heavy atom. The van der Waals surface area contributed by atoms with Crippen LogP contribution >= 0.6 is 0 Å². The molecular formula is C20H17N3O2. The SMILES string of the molecule is COc1ccc(-c2ccnc3[nH]cc(-c4cccnc4)c23)cc1OC. The number of methoxy groups -OCH3 is 2. The van der Waals surface area contributed by atoms with Crippen molar-refractivity contribution in [2.45, 2.75) is 0 Å². The molecule has 4 aromatic rings. The van der Waals surface area contributed by atoms with Gasteiger partial charge in [-0.15, -0.1) is 0 Å². The van der Waals surface area contributed by atoms with E-state index in [4.69, 9.17) is 9.47 Å². The van der Waals surface area contributed by atoms with Crippen molar-refractivity contribution in [3.05, 3.63) is 61.2 Å². The van der Waals surface area contributed by atoms with Crippen molar-refractivity contribution in [3.63, 3.8) is 0 Å². The third-order valence-corrected chi connectivity index (χ3v) is 4.24. The number of ether oxygens (including phenoxy) is 2. The summed E-state index contributed by atoms with van der Waals surface area (Å²) in [5.41, 5.74) is 5.07. The van der Waals surface area contributed by atoms with Crippen LogP contribution in [-0.4, -0.2) is 29.2 Å². The van der Waals surface area contributed by atoms with Gasteiger partial charge in [-0.05, 0) is 35.4 Å². The monoisotopic (exact) mass is 331 g/mol. The van der Waals surface area contributed by atoms with Gasteiger partial charge in [-0.25, -0.2) is 4.98 Å². The first-order chi connectivity index (χ1) is 12.3. The molecule has 0 aliphatic rings. The third kappa shape index (κ3) is 2.59. The number of rotatable bonds is 4. The van der Waals surface area contributed by atoms with Crippen molar-refractivity contribution < 1.29 is 9.47 Å². The molecule has 124 valence electrons. The van der Waals surface area contributed by atoms with Crippen LogP contribution in [0.15, 0.2) is 61.2 Å². The average Bonchev–Trinajstić information content (AvgIpc) is 3.12. The van der Waals surface area contributed by atoms with E-state index in [1.807, 2.05) is 48.8 Å². The highest BCUT2D eigenvalue weighted by atomic mass is 16.5. The average molecular weight is 331 g/mol. The summed E-state index contributed by atoms with van der Waals surface area (Å²) >= 11 is 0. The number of fused-ring (bicyclic) bond motifs is 1. The van der Waals surface area contributed by atoms with Gasteiger partial charge < -0.3 is 14.5 Å². The highest BCUT2D eigenvalue weighted by molar-refractivity contribution is 6.04. The van der Waals surface area contributed by atoms with Gasteiger partial charge in [-0.3, -0.25) is 4.98 Å². The Balaban J connectivity index is 1.95. The largest absolute Gasteiger partial charge is 0.493 e. The van der Waals surface area contributed by atoms with E-state index in [9.17, 15) is 0 Å². The van der Waals surface area contributed by atoms with Gasteiger partial charge in [0.15, 0.2) is 11.5 Å². The molecule has 0 bridgehead atoms. The first-order valence-corrected chi connectivity index (χ1v) is 7.90. The quantitative estimate of drug-likeness (QED) is 0.605. The molecule has 5 nitrogen and oxygen atoms in total. The maximum absolute atomic E-state index is 5.45. The zero-order valence-electron chi connectivity index (χ0n) is 14.0. The van der Waals surface area contributed by atoms with Crippen LogP contribution in [0.25, 0.3) is 33.3 Å². The smallest absolute Gasteiger partial charge is 0.161 e. The zero-order valence-corrected chi connectivity index (χ0v) is 14.0. The maximum Gasteiger partial charge on any atom is 0.161 e. The fourth-order valence-electron chi connectivity index (χ4n) is 3.05. The molecule has 0 atom stereocenters. The normalized spacial score (nSPS) is 10.8. The Labute approximate surface area is 145 Å². The number of hydrogen-bond acceptors (Lipinski definition) is 4. The van der Waals surface area contributed by atoms with Gasteiger partial charge in [0.05, 0.1) is 14.2 Å². The second-order valence-electron chi connectivity index (χ2n) is 5.60. The first-order valence-electron chi connectivity index (χ1n) is 7.90. The standard InChI is InChI=1S/C20H17N3O2/c1-24-17-6-5-13(10-18(17)25-2)15-7-9-22-20-19(15)16(12-23-20)14-4-3-8-21-11-14/h3-12H,1-2H3,(H,22,23). The molecule has 5 heteroatoms. The highest BCUT2D eigenvalue weighted by Crippen LogP contribution is 2.38. The van der Waals surface area contributed by atoms with Crippen LogP contribution in [0.4, 0.5) is 0 Å². The first kappa shape index (κ1) is 15.2. The predicted octanol–water partition coefficient (Wildman–Crippen LogP) is 4.31. The van der Waals surface area contributed by atoms with E-state index in [1.165, 1.54) is 0 Å². The molecule has 1 N–H and O–H groups in total. The van der Waals surface area contributed by atoms with Gasteiger partial charge in [0.1, 0.15) is 5.65 Å². The van der Waals surface area contributed by atoms with Crippen LogP contribution < -0.4 is 9.47 Å². The Morgan fingerprint density at radius 2 is 1.76 bits per heavy atom. The molecule has 4 rings (SSSR count). The van der Waals surface area contributed by atoms with Gasteiger partial charge in [-0.2, -0.15) is 0 Å². The molecular weight excluding hydrogens is 314 g/mol. The second kappa shape index (κ2) is 6.28. The molecule has 0 aliphatic heterocycles. The molecule has 0 saturated carbocycles. The topological polar surface area (TPSA) is 60.0 Å². The minimum Gasteiger partial charge on any atom is -0.493 e. The van der Waals surface area contributed by atoms with Crippen molar-refractivity contribution in [2.24, 2.45) is 0 Å². The van der Waals surface area contributed by atoms with E-state index in [2.05, 4.69) is 15.0 Å².